The zero-order valence-corrected chi connectivity index (χ0v) is 34.5. The molecular weight excluding hydrogens is 689 g/mol. The second kappa shape index (κ2) is 16.5. The first kappa shape index (κ1) is 39.3. The summed E-state index contributed by atoms with van der Waals surface area (Å²) in [7, 11) is -6.16. The molecule has 2 fully saturated rings. The van der Waals surface area contributed by atoms with E-state index in [0.717, 1.165) is 47.4 Å². The molecule has 1 heterocycles. The second-order valence-corrected chi connectivity index (χ2v) is 25.1. The number of aliphatic hydroxyl groups excluding tert-OH is 1. The topological polar surface area (TPSA) is 57.2 Å². The summed E-state index contributed by atoms with van der Waals surface area (Å²) in [5, 5.41) is 16.9. The van der Waals surface area contributed by atoms with Crippen molar-refractivity contribution in [2.75, 3.05) is 13.2 Å². The van der Waals surface area contributed by atoms with E-state index in [4.69, 9.17) is 18.3 Å². The number of rotatable bonds is 11. The summed E-state index contributed by atoms with van der Waals surface area (Å²) in [6.07, 6.45) is 3.17. The van der Waals surface area contributed by atoms with Gasteiger partial charge in [-0.2, -0.15) is 0 Å². The molecule has 1 aliphatic heterocycles. The maximum absolute atomic E-state index is 12.8. The van der Waals surface area contributed by atoms with Crippen molar-refractivity contribution in [3.8, 4) is 0 Å². The first-order valence-corrected chi connectivity index (χ1v) is 23.1. The van der Waals surface area contributed by atoms with E-state index in [2.05, 4.69) is 176 Å². The lowest BCUT2D eigenvalue weighted by molar-refractivity contribution is -0.155. The Morgan fingerprint density at radius 3 is 1.51 bits per heavy atom. The lowest BCUT2D eigenvalue weighted by atomic mass is 9.84. The zero-order chi connectivity index (χ0) is 37.7. The first-order chi connectivity index (χ1) is 25.4. The van der Waals surface area contributed by atoms with Crippen LogP contribution < -0.4 is 20.7 Å². The average molecular weight is 747 g/mol. The van der Waals surface area contributed by atoms with Crippen LogP contribution in [0.3, 0.4) is 0 Å². The molecule has 280 valence electrons. The normalized spacial score (nSPS) is 22.5. The molecule has 2 aliphatic rings. The summed E-state index contributed by atoms with van der Waals surface area (Å²) in [6.45, 7) is 19.4. The molecule has 1 saturated heterocycles. The van der Waals surface area contributed by atoms with Crippen LogP contribution in [0.15, 0.2) is 145 Å². The van der Waals surface area contributed by atoms with Crippen molar-refractivity contribution in [2.24, 2.45) is 0 Å². The Balaban J connectivity index is 1.49. The largest absolute Gasteiger partial charge is 0.401 e. The lowest BCUT2D eigenvalue weighted by Gasteiger charge is -2.51. The minimum Gasteiger partial charge on any atom is -0.401 e. The molecule has 4 atom stereocenters. The van der Waals surface area contributed by atoms with Crippen molar-refractivity contribution >= 4 is 37.4 Å². The van der Waals surface area contributed by atoms with Crippen LogP contribution in [-0.2, 0) is 18.3 Å². The van der Waals surface area contributed by atoms with Crippen LogP contribution in [-0.4, -0.2) is 59.6 Å². The van der Waals surface area contributed by atoms with Gasteiger partial charge in [-0.25, -0.2) is 0 Å². The Hall–Kier alpha value is -3.41. The van der Waals surface area contributed by atoms with Gasteiger partial charge in [0, 0.05) is 13.0 Å². The van der Waals surface area contributed by atoms with Crippen molar-refractivity contribution in [3.63, 3.8) is 0 Å². The Morgan fingerprint density at radius 2 is 1.11 bits per heavy atom. The minimum absolute atomic E-state index is 0.212. The van der Waals surface area contributed by atoms with Crippen LogP contribution in [0.4, 0.5) is 0 Å². The molecule has 4 aromatic carbocycles. The Morgan fingerprint density at radius 1 is 0.679 bits per heavy atom. The SMILES string of the molecule is C=C1C(=CCOC2CCCCO2)CC(O[Si](c2ccccc2)(c2ccccc2)C(C)(C)C)C(O)C1O[Si](c1ccccc1)(c1ccccc1)C(C)(C)C. The highest BCUT2D eigenvalue weighted by Gasteiger charge is 2.57. The van der Waals surface area contributed by atoms with Crippen molar-refractivity contribution < 1.29 is 23.4 Å². The van der Waals surface area contributed by atoms with E-state index in [1.807, 2.05) is 0 Å². The van der Waals surface area contributed by atoms with Crippen molar-refractivity contribution in [1.82, 2.24) is 0 Å². The standard InChI is InChI=1S/C46H58O5Si2/c1-35-36(31-33-49-42-30-20-21-32-48-42)34-41(50-52(45(2,3)4,37-22-12-8-13-23-37)38-24-14-9-15-25-38)43(47)44(35)51-53(46(5,6)7,39-26-16-10-17-27-39)40-28-18-11-19-29-40/h8-19,22-29,31,41-44,47H,1,20-21,30,32-34H2,2-7H3. The fourth-order valence-corrected chi connectivity index (χ4v) is 17.8. The number of benzene rings is 4. The van der Waals surface area contributed by atoms with Gasteiger partial charge in [0.2, 0.25) is 0 Å². The molecular formula is C46H58O5Si2. The Kier molecular flexibility index (Phi) is 12.3. The average Bonchev–Trinajstić information content (AvgIpc) is 3.16. The minimum atomic E-state index is -3.10. The van der Waals surface area contributed by atoms with Crippen LogP contribution in [0.5, 0.6) is 0 Å². The predicted octanol–water partition coefficient (Wildman–Crippen LogP) is 7.67. The summed E-state index contributed by atoms with van der Waals surface area (Å²) in [5.74, 6) is 0. The van der Waals surface area contributed by atoms with Gasteiger partial charge in [0.05, 0.1) is 18.8 Å². The molecule has 5 nitrogen and oxygen atoms in total. The van der Waals surface area contributed by atoms with Crippen LogP contribution in [0.1, 0.15) is 67.2 Å². The number of hydrogen-bond donors (Lipinski definition) is 1. The van der Waals surface area contributed by atoms with Crippen LogP contribution >= 0.6 is 0 Å². The fraction of sp³-hybridized carbons (Fsp3) is 0.391. The van der Waals surface area contributed by atoms with E-state index >= 15 is 0 Å². The Bertz CT molecular complexity index is 1710. The quantitative estimate of drug-likeness (QED) is 0.160. The zero-order valence-electron chi connectivity index (χ0n) is 32.5. The summed E-state index contributed by atoms with van der Waals surface area (Å²) in [6, 6.07) is 42.5. The molecule has 0 spiro atoms. The lowest BCUT2D eigenvalue weighted by Crippen LogP contribution is -2.71. The summed E-state index contributed by atoms with van der Waals surface area (Å²) in [4.78, 5) is 0. The molecule has 0 aromatic heterocycles. The van der Waals surface area contributed by atoms with E-state index in [9.17, 15) is 5.11 Å². The summed E-state index contributed by atoms with van der Waals surface area (Å²) >= 11 is 0. The van der Waals surface area contributed by atoms with Gasteiger partial charge in [0.1, 0.15) is 6.10 Å². The maximum atomic E-state index is 12.8. The fourth-order valence-electron chi connectivity index (χ4n) is 8.42. The van der Waals surface area contributed by atoms with E-state index in [1.54, 1.807) is 0 Å². The van der Waals surface area contributed by atoms with Crippen LogP contribution in [0.25, 0.3) is 0 Å². The van der Waals surface area contributed by atoms with Crippen LogP contribution in [0, 0.1) is 0 Å². The van der Waals surface area contributed by atoms with E-state index in [-0.39, 0.29) is 16.4 Å². The molecule has 0 amide bonds. The third kappa shape index (κ3) is 8.03. The molecule has 0 bridgehead atoms. The van der Waals surface area contributed by atoms with Crippen molar-refractivity contribution in [3.05, 3.63) is 145 Å². The molecule has 4 unspecified atom stereocenters. The number of ether oxygens (including phenoxy) is 2. The van der Waals surface area contributed by atoms with Crippen LogP contribution in [0.2, 0.25) is 10.1 Å². The second-order valence-electron chi connectivity index (χ2n) is 16.6. The first-order valence-electron chi connectivity index (χ1n) is 19.3. The number of hydrogen-bond acceptors (Lipinski definition) is 5. The van der Waals surface area contributed by atoms with Gasteiger partial charge in [0.15, 0.2) is 6.29 Å². The molecule has 1 N–H and O–H groups in total. The van der Waals surface area contributed by atoms with Gasteiger partial charge in [-0.1, -0.05) is 176 Å². The van der Waals surface area contributed by atoms with Gasteiger partial charge in [-0.3, -0.25) is 0 Å². The monoisotopic (exact) mass is 746 g/mol. The van der Waals surface area contributed by atoms with Gasteiger partial charge in [-0.05, 0) is 61.2 Å². The predicted molar refractivity (Wildman–Crippen MR) is 222 cm³/mol. The molecule has 53 heavy (non-hydrogen) atoms. The molecule has 0 radical (unpaired) electrons. The van der Waals surface area contributed by atoms with E-state index < -0.39 is 34.9 Å². The van der Waals surface area contributed by atoms with E-state index in [1.165, 1.54) is 10.4 Å². The van der Waals surface area contributed by atoms with Gasteiger partial charge in [0.25, 0.3) is 16.6 Å². The molecule has 1 saturated carbocycles. The smallest absolute Gasteiger partial charge is 0.262 e. The third-order valence-electron chi connectivity index (χ3n) is 11.1. The maximum Gasteiger partial charge on any atom is 0.262 e. The molecule has 7 heteroatoms. The molecule has 4 aromatic rings. The number of aliphatic hydroxyl groups is 1. The van der Waals surface area contributed by atoms with Crippen molar-refractivity contribution in [1.29, 1.82) is 0 Å². The highest BCUT2D eigenvalue weighted by molar-refractivity contribution is 7.00. The Labute approximate surface area is 319 Å². The molecule has 1 aliphatic carbocycles. The highest BCUT2D eigenvalue weighted by Crippen LogP contribution is 2.44. The molecule has 6 rings (SSSR count). The highest BCUT2D eigenvalue weighted by atomic mass is 28.4. The van der Waals surface area contributed by atoms with Crippen molar-refractivity contribution in [2.45, 2.75) is 102 Å². The third-order valence-corrected chi connectivity index (χ3v) is 21.2. The van der Waals surface area contributed by atoms with Gasteiger partial charge in [-0.15, -0.1) is 0 Å². The summed E-state index contributed by atoms with van der Waals surface area (Å²) in [5.41, 5.74) is 1.78. The van der Waals surface area contributed by atoms with Gasteiger partial charge < -0.3 is 23.4 Å². The summed E-state index contributed by atoms with van der Waals surface area (Å²) < 4.78 is 27.6. The van der Waals surface area contributed by atoms with E-state index in [0.29, 0.717) is 13.0 Å². The van der Waals surface area contributed by atoms with Gasteiger partial charge >= 0.3 is 0 Å².